The second-order valence-corrected chi connectivity index (χ2v) is 11.0. The van der Waals surface area contributed by atoms with E-state index < -0.39 is 0 Å². The van der Waals surface area contributed by atoms with E-state index in [0.29, 0.717) is 0 Å². The fourth-order valence-corrected chi connectivity index (χ4v) is 6.27. The molecule has 0 saturated carbocycles. The van der Waals surface area contributed by atoms with Crippen LogP contribution in [0.1, 0.15) is 0 Å². The molecule has 0 saturated heterocycles. The normalized spacial score (nSPS) is 11.3. The van der Waals surface area contributed by atoms with Crippen molar-refractivity contribution in [2.75, 3.05) is 4.90 Å². The monoisotopic (exact) mass is 547 g/mol. The Morgan fingerprint density at radius 1 is 0.256 bits per heavy atom. The summed E-state index contributed by atoms with van der Waals surface area (Å²) in [6.07, 6.45) is 0. The molecule has 8 aromatic rings. The minimum Gasteiger partial charge on any atom is -0.310 e. The molecule has 0 aromatic heterocycles. The molecule has 0 unspecified atom stereocenters. The summed E-state index contributed by atoms with van der Waals surface area (Å²) in [6.45, 7) is 0. The minimum atomic E-state index is 1.13. The van der Waals surface area contributed by atoms with Crippen LogP contribution in [0.15, 0.2) is 176 Å². The van der Waals surface area contributed by atoms with Gasteiger partial charge >= 0.3 is 0 Å². The lowest BCUT2D eigenvalue weighted by molar-refractivity contribution is 1.29. The number of fused-ring (bicyclic) bond motifs is 5. The maximum atomic E-state index is 2.34. The van der Waals surface area contributed by atoms with Crippen LogP contribution in [0.5, 0.6) is 0 Å². The van der Waals surface area contributed by atoms with Crippen LogP contribution >= 0.6 is 0 Å². The second kappa shape index (κ2) is 10.6. The molecule has 1 nitrogen and oxygen atoms in total. The predicted molar refractivity (Wildman–Crippen MR) is 185 cm³/mol. The summed E-state index contributed by atoms with van der Waals surface area (Å²) >= 11 is 0. The second-order valence-electron chi connectivity index (χ2n) is 11.0. The van der Waals surface area contributed by atoms with Gasteiger partial charge in [-0.15, -0.1) is 0 Å². The first kappa shape index (κ1) is 25.1. The summed E-state index contributed by atoms with van der Waals surface area (Å²) in [7, 11) is 0. The van der Waals surface area contributed by atoms with Gasteiger partial charge in [0.15, 0.2) is 0 Å². The van der Waals surface area contributed by atoms with Crippen molar-refractivity contribution in [3.63, 3.8) is 0 Å². The van der Waals surface area contributed by atoms with E-state index in [9.17, 15) is 0 Å². The molecule has 0 bridgehead atoms. The standard InChI is InChI=1S/C42H29N/c1-3-9-30(10-4-1)31-15-17-32(18-16-31)33-19-23-37(24-20-33)43(36-12-5-2-6-13-36)38-25-28-40-35(29-38)22-27-41-39-14-8-7-11-34(39)21-26-42(40)41/h1-29H. The number of para-hydroxylation sites is 1. The zero-order chi connectivity index (χ0) is 28.6. The number of benzene rings is 8. The molecule has 0 spiro atoms. The average Bonchev–Trinajstić information content (AvgIpc) is 3.09. The van der Waals surface area contributed by atoms with E-state index in [1.807, 2.05) is 0 Å². The highest BCUT2D eigenvalue weighted by molar-refractivity contribution is 6.17. The summed E-state index contributed by atoms with van der Waals surface area (Å²) in [5, 5.41) is 7.66. The first-order chi connectivity index (χ1) is 21.3. The molecule has 0 fully saturated rings. The summed E-state index contributed by atoms with van der Waals surface area (Å²) in [6, 6.07) is 63.4. The van der Waals surface area contributed by atoms with Crippen molar-refractivity contribution in [1.29, 1.82) is 0 Å². The van der Waals surface area contributed by atoms with Gasteiger partial charge in [0.05, 0.1) is 0 Å². The maximum absolute atomic E-state index is 2.34. The van der Waals surface area contributed by atoms with E-state index in [-0.39, 0.29) is 0 Å². The third-order valence-electron chi connectivity index (χ3n) is 8.45. The molecule has 0 aliphatic carbocycles. The summed E-state index contributed by atoms with van der Waals surface area (Å²) in [5.74, 6) is 0. The maximum Gasteiger partial charge on any atom is 0.0468 e. The lowest BCUT2D eigenvalue weighted by Gasteiger charge is -2.26. The Balaban J connectivity index is 1.18. The molecule has 8 aromatic carbocycles. The van der Waals surface area contributed by atoms with Crippen LogP contribution in [-0.2, 0) is 0 Å². The quantitative estimate of drug-likeness (QED) is 0.194. The molecule has 43 heavy (non-hydrogen) atoms. The number of nitrogens with zero attached hydrogens (tertiary/aromatic N) is 1. The average molecular weight is 548 g/mol. The highest BCUT2D eigenvalue weighted by atomic mass is 15.1. The van der Waals surface area contributed by atoms with Gasteiger partial charge < -0.3 is 4.90 Å². The molecule has 0 aliphatic heterocycles. The number of hydrogen-bond acceptors (Lipinski definition) is 1. The van der Waals surface area contributed by atoms with E-state index >= 15 is 0 Å². The van der Waals surface area contributed by atoms with Crippen molar-refractivity contribution in [1.82, 2.24) is 0 Å². The lowest BCUT2D eigenvalue weighted by Crippen LogP contribution is -2.09. The number of hydrogen-bond donors (Lipinski definition) is 0. The Morgan fingerprint density at radius 3 is 1.37 bits per heavy atom. The summed E-state index contributed by atoms with van der Waals surface area (Å²) in [5.41, 5.74) is 8.28. The fraction of sp³-hybridized carbons (Fsp3) is 0. The van der Waals surface area contributed by atoms with Gasteiger partial charge in [-0.1, -0.05) is 140 Å². The van der Waals surface area contributed by atoms with Crippen LogP contribution < -0.4 is 4.90 Å². The van der Waals surface area contributed by atoms with Gasteiger partial charge in [0, 0.05) is 17.1 Å². The molecule has 0 amide bonds. The van der Waals surface area contributed by atoms with Crippen molar-refractivity contribution in [3.8, 4) is 22.3 Å². The van der Waals surface area contributed by atoms with Gasteiger partial charge in [-0.05, 0) is 91.0 Å². The van der Waals surface area contributed by atoms with E-state index in [1.165, 1.54) is 54.6 Å². The third kappa shape index (κ3) is 4.62. The SMILES string of the molecule is c1ccc(-c2ccc(-c3ccc(N(c4ccccc4)c4ccc5c(ccc6c7ccccc7ccc56)c4)cc3)cc2)cc1. The molecule has 0 heterocycles. The largest absolute Gasteiger partial charge is 0.310 e. The smallest absolute Gasteiger partial charge is 0.0468 e. The Bertz CT molecular complexity index is 2200. The fourth-order valence-electron chi connectivity index (χ4n) is 6.27. The number of rotatable bonds is 5. The van der Waals surface area contributed by atoms with Crippen molar-refractivity contribution in [3.05, 3.63) is 176 Å². The first-order valence-electron chi connectivity index (χ1n) is 14.8. The van der Waals surface area contributed by atoms with Crippen molar-refractivity contribution in [2.45, 2.75) is 0 Å². The molecular weight excluding hydrogens is 518 g/mol. The van der Waals surface area contributed by atoms with Crippen LogP contribution in [0.2, 0.25) is 0 Å². The van der Waals surface area contributed by atoms with E-state index in [0.717, 1.165) is 17.1 Å². The first-order valence-corrected chi connectivity index (χ1v) is 14.8. The molecular formula is C42H29N. The molecule has 1 heteroatoms. The van der Waals surface area contributed by atoms with Crippen LogP contribution in [-0.4, -0.2) is 0 Å². The Kier molecular flexibility index (Phi) is 6.20. The summed E-state index contributed by atoms with van der Waals surface area (Å²) < 4.78 is 0. The number of anilines is 3. The lowest BCUT2D eigenvalue weighted by atomic mass is 9.96. The van der Waals surface area contributed by atoms with Gasteiger partial charge in [-0.3, -0.25) is 0 Å². The van der Waals surface area contributed by atoms with Crippen molar-refractivity contribution in [2.24, 2.45) is 0 Å². The van der Waals surface area contributed by atoms with Gasteiger partial charge in [0.25, 0.3) is 0 Å². The van der Waals surface area contributed by atoms with Crippen LogP contribution in [0.25, 0.3) is 54.6 Å². The third-order valence-corrected chi connectivity index (χ3v) is 8.45. The molecule has 0 atom stereocenters. The molecule has 0 radical (unpaired) electrons. The summed E-state index contributed by atoms with van der Waals surface area (Å²) in [4.78, 5) is 2.34. The zero-order valence-corrected chi connectivity index (χ0v) is 23.7. The molecule has 0 aliphatic rings. The highest BCUT2D eigenvalue weighted by Gasteiger charge is 2.14. The van der Waals surface area contributed by atoms with Gasteiger partial charge in [-0.25, -0.2) is 0 Å². The van der Waals surface area contributed by atoms with Crippen molar-refractivity contribution >= 4 is 49.4 Å². The van der Waals surface area contributed by atoms with E-state index in [4.69, 9.17) is 0 Å². The minimum absolute atomic E-state index is 1.13. The van der Waals surface area contributed by atoms with E-state index in [2.05, 4.69) is 181 Å². The Morgan fingerprint density at radius 2 is 0.698 bits per heavy atom. The van der Waals surface area contributed by atoms with Crippen LogP contribution in [0, 0.1) is 0 Å². The van der Waals surface area contributed by atoms with Crippen molar-refractivity contribution < 1.29 is 0 Å². The van der Waals surface area contributed by atoms with Gasteiger partial charge in [0.1, 0.15) is 0 Å². The predicted octanol–water partition coefficient (Wildman–Crippen LogP) is 11.9. The molecule has 0 N–H and O–H groups in total. The zero-order valence-electron chi connectivity index (χ0n) is 23.7. The topological polar surface area (TPSA) is 3.24 Å². The highest BCUT2D eigenvalue weighted by Crippen LogP contribution is 2.39. The van der Waals surface area contributed by atoms with Gasteiger partial charge in [0.2, 0.25) is 0 Å². The van der Waals surface area contributed by atoms with E-state index in [1.54, 1.807) is 0 Å². The van der Waals surface area contributed by atoms with Gasteiger partial charge in [-0.2, -0.15) is 0 Å². The Hall–Kier alpha value is -5.66. The molecule has 8 rings (SSSR count). The molecule has 202 valence electrons. The van der Waals surface area contributed by atoms with Crippen LogP contribution in [0.4, 0.5) is 17.1 Å². The Labute approximate surface area is 251 Å². The van der Waals surface area contributed by atoms with Crippen LogP contribution in [0.3, 0.4) is 0 Å².